The highest BCUT2D eigenvalue weighted by Gasteiger charge is 2.14. The summed E-state index contributed by atoms with van der Waals surface area (Å²) in [5.41, 5.74) is 8.21. The maximum absolute atomic E-state index is 5.91. The summed E-state index contributed by atoms with van der Waals surface area (Å²) in [7, 11) is 0. The lowest BCUT2D eigenvalue weighted by atomic mass is 10.2. The Morgan fingerprint density at radius 1 is 1.28 bits per heavy atom. The molecule has 96 valence electrons. The summed E-state index contributed by atoms with van der Waals surface area (Å²) in [6.45, 7) is 3.20. The SMILES string of the molecule is Cc1ccsc1C(CN)OCc1ccc(Br)cc1. The molecule has 1 aromatic heterocycles. The molecule has 2 rings (SSSR count). The van der Waals surface area contributed by atoms with Gasteiger partial charge in [-0.05, 0) is 41.6 Å². The number of nitrogens with two attached hydrogens (primary N) is 1. The number of rotatable bonds is 5. The van der Waals surface area contributed by atoms with Crippen molar-refractivity contribution in [1.29, 1.82) is 0 Å². The zero-order valence-corrected chi connectivity index (χ0v) is 12.6. The molecule has 4 heteroatoms. The Labute approximate surface area is 120 Å². The van der Waals surface area contributed by atoms with Gasteiger partial charge >= 0.3 is 0 Å². The number of aryl methyl sites for hydroxylation is 1. The normalized spacial score (nSPS) is 12.6. The quantitative estimate of drug-likeness (QED) is 0.900. The zero-order chi connectivity index (χ0) is 13.0. The van der Waals surface area contributed by atoms with E-state index in [0.29, 0.717) is 13.2 Å². The number of ether oxygens (including phenoxy) is 1. The fourth-order valence-corrected chi connectivity index (χ4v) is 3.00. The van der Waals surface area contributed by atoms with Crippen LogP contribution in [-0.4, -0.2) is 6.54 Å². The maximum Gasteiger partial charge on any atom is 0.105 e. The van der Waals surface area contributed by atoms with Crippen LogP contribution in [0.15, 0.2) is 40.2 Å². The van der Waals surface area contributed by atoms with Crippen LogP contribution >= 0.6 is 27.3 Å². The molecule has 0 aliphatic heterocycles. The minimum Gasteiger partial charge on any atom is -0.367 e. The third kappa shape index (κ3) is 3.42. The van der Waals surface area contributed by atoms with Crippen LogP contribution in [0.3, 0.4) is 0 Å². The molecule has 0 fully saturated rings. The van der Waals surface area contributed by atoms with Crippen LogP contribution < -0.4 is 5.73 Å². The van der Waals surface area contributed by atoms with Crippen LogP contribution in [0.1, 0.15) is 22.1 Å². The van der Waals surface area contributed by atoms with Crippen LogP contribution in [0.2, 0.25) is 0 Å². The average molecular weight is 326 g/mol. The summed E-state index contributed by atoms with van der Waals surface area (Å²) in [5.74, 6) is 0. The molecule has 1 unspecified atom stereocenters. The van der Waals surface area contributed by atoms with Crippen molar-refractivity contribution in [3.63, 3.8) is 0 Å². The molecular formula is C14H16BrNOS. The monoisotopic (exact) mass is 325 g/mol. The average Bonchev–Trinajstić information content (AvgIpc) is 2.79. The number of benzene rings is 1. The first kappa shape index (κ1) is 13.7. The van der Waals surface area contributed by atoms with Gasteiger partial charge in [0.25, 0.3) is 0 Å². The summed E-state index contributed by atoms with van der Waals surface area (Å²) >= 11 is 5.13. The molecule has 1 heterocycles. The highest BCUT2D eigenvalue weighted by Crippen LogP contribution is 2.27. The molecule has 0 aliphatic carbocycles. The van der Waals surface area contributed by atoms with Gasteiger partial charge in [-0.3, -0.25) is 0 Å². The van der Waals surface area contributed by atoms with Gasteiger partial charge in [-0.2, -0.15) is 0 Å². The van der Waals surface area contributed by atoms with Crippen LogP contribution in [-0.2, 0) is 11.3 Å². The van der Waals surface area contributed by atoms with Gasteiger partial charge in [-0.15, -0.1) is 11.3 Å². The van der Waals surface area contributed by atoms with Gasteiger partial charge in [0.05, 0.1) is 6.61 Å². The van der Waals surface area contributed by atoms with E-state index >= 15 is 0 Å². The van der Waals surface area contributed by atoms with E-state index in [1.165, 1.54) is 10.4 Å². The van der Waals surface area contributed by atoms with E-state index in [4.69, 9.17) is 10.5 Å². The molecule has 1 atom stereocenters. The highest BCUT2D eigenvalue weighted by molar-refractivity contribution is 9.10. The first-order valence-electron chi connectivity index (χ1n) is 5.81. The summed E-state index contributed by atoms with van der Waals surface area (Å²) in [5, 5.41) is 2.08. The molecule has 2 nitrogen and oxygen atoms in total. The summed E-state index contributed by atoms with van der Waals surface area (Å²) in [6.07, 6.45) is -0.00588. The van der Waals surface area contributed by atoms with E-state index in [0.717, 1.165) is 10.0 Å². The molecular weight excluding hydrogens is 310 g/mol. The molecule has 0 aliphatic rings. The van der Waals surface area contributed by atoms with Gasteiger partial charge in [-0.25, -0.2) is 0 Å². The predicted octanol–water partition coefficient (Wildman–Crippen LogP) is 4.04. The minimum atomic E-state index is -0.00588. The lowest BCUT2D eigenvalue weighted by molar-refractivity contribution is 0.0476. The molecule has 0 spiro atoms. The van der Waals surface area contributed by atoms with Crippen molar-refractivity contribution in [3.05, 3.63) is 56.2 Å². The number of halogens is 1. The van der Waals surface area contributed by atoms with Crippen molar-refractivity contribution in [2.24, 2.45) is 5.73 Å². The lowest BCUT2D eigenvalue weighted by Gasteiger charge is -2.15. The van der Waals surface area contributed by atoms with Gasteiger partial charge < -0.3 is 10.5 Å². The molecule has 2 N–H and O–H groups in total. The fourth-order valence-electron chi connectivity index (χ4n) is 1.74. The van der Waals surface area contributed by atoms with E-state index < -0.39 is 0 Å². The van der Waals surface area contributed by atoms with Crippen LogP contribution in [0.4, 0.5) is 0 Å². The Balaban J connectivity index is 2.00. The first-order chi connectivity index (χ1) is 8.70. The van der Waals surface area contributed by atoms with E-state index in [9.17, 15) is 0 Å². The van der Waals surface area contributed by atoms with Crippen molar-refractivity contribution >= 4 is 27.3 Å². The fraction of sp³-hybridized carbons (Fsp3) is 0.286. The lowest BCUT2D eigenvalue weighted by Crippen LogP contribution is -2.15. The van der Waals surface area contributed by atoms with Gasteiger partial charge in [0.15, 0.2) is 0 Å². The molecule has 0 bridgehead atoms. The Bertz CT molecular complexity index is 495. The first-order valence-corrected chi connectivity index (χ1v) is 7.48. The Morgan fingerprint density at radius 2 is 2.00 bits per heavy atom. The van der Waals surface area contributed by atoms with Crippen LogP contribution in [0.5, 0.6) is 0 Å². The maximum atomic E-state index is 5.91. The minimum absolute atomic E-state index is 0.00588. The number of hydrogen-bond acceptors (Lipinski definition) is 3. The molecule has 0 saturated carbocycles. The number of thiophene rings is 1. The second-order valence-corrected chi connectivity index (χ2v) is 5.99. The van der Waals surface area contributed by atoms with Crippen molar-refractivity contribution in [3.8, 4) is 0 Å². The number of hydrogen-bond donors (Lipinski definition) is 1. The largest absolute Gasteiger partial charge is 0.367 e. The van der Waals surface area contributed by atoms with Crippen LogP contribution in [0, 0.1) is 6.92 Å². The van der Waals surface area contributed by atoms with E-state index in [2.05, 4.69) is 46.4 Å². The second kappa shape index (κ2) is 6.48. The van der Waals surface area contributed by atoms with Gasteiger partial charge in [-0.1, -0.05) is 28.1 Å². The van der Waals surface area contributed by atoms with E-state index in [1.807, 2.05) is 12.1 Å². The summed E-state index contributed by atoms with van der Waals surface area (Å²) in [4.78, 5) is 1.23. The zero-order valence-electron chi connectivity index (χ0n) is 10.2. The molecule has 0 saturated heterocycles. The molecule has 2 aromatic rings. The van der Waals surface area contributed by atoms with Crippen molar-refractivity contribution in [2.75, 3.05) is 6.54 Å². The second-order valence-electron chi connectivity index (χ2n) is 4.13. The summed E-state index contributed by atoms with van der Waals surface area (Å²) in [6, 6.07) is 10.3. The predicted molar refractivity (Wildman–Crippen MR) is 79.8 cm³/mol. The highest BCUT2D eigenvalue weighted by atomic mass is 79.9. The van der Waals surface area contributed by atoms with Crippen molar-refractivity contribution in [1.82, 2.24) is 0 Å². The summed E-state index contributed by atoms with van der Waals surface area (Å²) < 4.78 is 6.99. The Kier molecular flexibility index (Phi) is 4.95. The molecule has 1 aromatic carbocycles. The molecule has 0 amide bonds. The van der Waals surface area contributed by atoms with Gasteiger partial charge in [0.2, 0.25) is 0 Å². The topological polar surface area (TPSA) is 35.2 Å². The van der Waals surface area contributed by atoms with Crippen molar-refractivity contribution < 1.29 is 4.74 Å². The third-order valence-corrected chi connectivity index (χ3v) is 4.41. The Hall–Kier alpha value is -0.680. The van der Waals surface area contributed by atoms with E-state index in [1.54, 1.807) is 11.3 Å². The smallest absolute Gasteiger partial charge is 0.105 e. The van der Waals surface area contributed by atoms with Gasteiger partial charge in [0, 0.05) is 15.9 Å². The Morgan fingerprint density at radius 3 is 2.56 bits per heavy atom. The van der Waals surface area contributed by atoms with Gasteiger partial charge in [0.1, 0.15) is 6.10 Å². The van der Waals surface area contributed by atoms with Crippen molar-refractivity contribution in [2.45, 2.75) is 19.6 Å². The molecule has 0 radical (unpaired) electrons. The van der Waals surface area contributed by atoms with E-state index in [-0.39, 0.29) is 6.10 Å². The third-order valence-electron chi connectivity index (χ3n) is 2.77. The standard InChI is InChI=1S/C14H16BrNOS/c1-10-6-7-18-14(10)13(8-16)17-9-11-2-4-12(15)5-3-11/h2-7,13H,8-9,16H2,1H3. The molecule has 18 heavy (non-hydrogen) atoms. The van der Waals surface area contributed by atoms with Crippen LogP contribution in [0.25, 0.3) is 0 Å².